The highest BCUT2D eigenvalue weighted by atomic mass is 79.9. The summed E-state index contributed by atoms with van der Waals surface area (Å²) >= 11 is 4.21. The van der Waals surface area contributed by atoms with Crippen LogP contribution in [0.15, 0.2) is 68.4 Å². The zero-order valence-corrected chi connectivity index (χ0v) is 16.3. The van der Waals surface area contributed by atoms with E-state index in [2.05, 4.69) is 32.5 Å². The highest BCUT2D eigenvalue weighted by molar-refractivity contribution is 9.11. The molecule has 1 aliphatic rings. The zero-order chi connectivity index (χ0) is 18.4. The molecule has 2 heterocycles. The number of carboxylic acid groups (broad SMARTS) is 1. The van der Waals surface area contributed by atoms with E-state index in [9.17, 15) is 18.3 Å². The fourth-order valence-corrected chi connectivity index (χ4v) is 5.26. The van der Waals surface area contributed by atoms with Crippen molar-refractivity contribution in [1.82, 2.24) is 10.0 Å². The lowest BCUT2D eigenvalue weighted by atomic mass is 10.0. The Balaban J connectivity index is 2.20. The Labute approximate surface area is 158 Å². The van der Waals surface area contributed by atoms with E-state index in [1.54, 1.807) is 24.4 Å². The first-order chi connectivity index (χ1) is 11.8. The number of rotatable bonds is 6. The van der Waals surface area contributed by atoms with Gasteiger partial charge in [-0.25, -0.2) is 8.42 Å². The van der Waals surface area contributed by atoms with E-state index in [0.717, 1.165) is 11.3 Å². The molecular formula is C16H17BrN2O4S2. The summed E-state index contributed by atoms with van der Waals surface area (Å²) in [6, 6.07) is 1.71. The number of carbonyl (C=O) groups is 1. The van der Waals surface area contributed by atoms with Crippen LogP contribution in [0.1, 0.15) is 6.42 Å². The van der Waals surface area contributed by atoms with Crippen LogP contribution in [0.3, 0.4) is 0 Å². The molecule has 0 unspecified atom stereocenters. The number of allylic oxidation sites excluding steroid dienone is 4. The monoisotopic (exact) mass is 444 g/mol. The quantitative estimate of drug-likeness (QED) is 0.626. The zero-order valence-electron chi connectivity index (χ0n) is 13.1. The van der Waals surface area contributed by atoms with E-state index in [-0.39, 0.29) is 10.6 Å². The molecule has 1 aromatic rings. The van der Waals surface area contributed by atoms with E-state index in [4.69, 9.17) is 0 Å². The van der Waals surface area contributed by atoms with Crippen LogP contribution in [0.4, 0.5) is 0 Å². The average molecular weight is 445 g/mol. The average Bonchev–Trinajstić information content (AvgIpc) is 3.00. The number of hydrogen-bond donors (Lipinski definition) is 3. The minimum atomic E-state index is -3.93. The molecular weight excluding hydrogens is 428 g/mol. The maximum atomic E-state index is 12.4. The molecule has 0 aliphatic carbocycles. The van der Waals surface area contributed by atoms with Crippen molar-refractivity contribution < 1.29 is 18.3 Å². The molecule has 0 amide bonds. The normalized spacial score (nSPS) is 21.0. The fourth-order valence-electron chi connectivity index (χ4n) is 2.05. The molecule has 3 N–H and O–H groups in total. The number of carboxylic acids is 1. The highest BCUT2D eigenvalue weighted by Crippen LogP contribution is 2.26. The summed E-state index contributed by atoms with van der Waals surface area (Å²) in [5.41, 5.74) is 1.23. The van der Waals surface area contributed by atoms with Gasteiger partial charge < -0.3 is 10.4 Å². The summed E-state index contributed by atoms with van der Waals surface area (Å²) in [7, 11) is -3.93. The van der Waals surface area contributed by atoms with Crippen LogP contribution < -0.4 is 10.0 Å². The molecule has 25 heavy (non-hydrogen) atoms. The van der Waals surface area contributed by atoms with E-state index in [1.165, 1.54) is 6.07 Å². The van der Waals surface area contributed by atoms with Gasteiger partial charge in [0.05, 0.1) is 3.79 Å². The third-order valence-electron chi connectivity index (χ3n) is 3.30. The van der Waals surface area contributed by atoms with E-state index >= 15 is 0 Å². The van der Waals surface area contributed by atoms with Gasteiger partial charge in [0, 0.05) is 19.2 Å². The molecule has 0 spiro atoms. The summed E-state index contributed by atoms with van der Waals surface area (Å²) < 4.78 is 27.7. The lowest BCUT2D eigenvalue weighted by molar-refractivity contribution is -0.138. The summed E-state index contributed by atoms with van der Waals surface area (Å²) in [6.07, 6.45) is 8.92. The van der Waals surface area contributed by atoms with Crippen molar-refractivity contribution in [2.45, 2.75) is 16.7 Å². The lowest BCUT2D eigenvalue weighted by Gasteiger charge is -2.16. The van der Waals surface area contributed by atoms with Crippen LogP contribution >= 0.6 is 27.3 Å². The number of halogens is 1. The Morgan fingerprint density at radius 1 is 1.44 bits per heavy atom. The predicted molar refractivity (Wildman–Crippen MR) is 102 cm³/mol. The maximum Gasteiger partial charge on any atom is 0.322 e. The lowest BCUT2D eigenvalue weighted by Crippen LogP contribution is -2.40. The van der Waals surface area contributed by atoms with Crippen molar-refractivity contribution >= 4 is 43.3 Å². The second-order valence-corrected chi connectivity index (χ2v) is 9.57. The van der Waals surface area contributed by atoms with Gasteiger partial charge in [-0.3, -0.25) is 4.79 Å². The summed E-state index contributed by atoms with van der Waals surface area (Å²) in [6.45, 7) is 4.48. The summed E-state index contributed by atoms with van der Waals surface area (Å²) in [4.78, 5) is 11.6. The Hall–Kier alpha value is -1.68. The van der Waals surface area contributed by atoms with Crippen molar-refractivity contribution in [2.75, 3.05) is 6.54 Å². The van der Waals surface area contributed by atoms with Crippen molar-refractivity contribution in [3.63, 3.8) is 0 Å². The first-order valence-corrected chi connectivity index (χ1v) is 10.3. The van der Waals surface area contributed by atoms with E-state index in [0.29, 0.717) is 21.5 Å². The molecule has 0 aromatic carbocycles. The van der Waals surface area contributed by atoms with Gasteiger partial charge in [0.25, 0.3) is 10.0 Å². The van der Waals surface area contributed by atoms with Crippen LogP contribution in [0, 0.1) is 0 Å². The maximum absolute atomic E-state index is 12.4. The molecule has 0 saturated carbocycles. The van der Waals surface area contributed by atoms with Gasteiger partial charge in [-0.1, -0.05) is 30.9 Å². The van der Waals surface area contributed by atoms with Crippen LogP contribution in [0.25, 0.3) is 0 Å². The first kappa shape index (κ1) is 19.6. The first-order valence-electron chi connectivity index (χ1n) is 7.25. The van der Waals surface area contributed by atoms with Crippen molar-refractivity contribution in [1.29, 1.82) is 0 Å². The number of nitrogens with one attached hydrogen (secondary N) is 2. The molecule has 0 saturated heterocycles. The van der Waals surface area contributed by atoms with Gasteiger partial charge >= 0.3 is 5.97 Å². The largest absolute Gasteiger partial charge is 0.480 e. The van der Waals surface area contributed by atoms with Crippen molar-refractivity contribution in [3.8, 4) is 0 Å². The van der Waals surface area contributed by atoms with Crippen LogP contribution in [0.5, 0.6) is 0 Å². The molecule has 1 atom stereocenters. The number of hydrogen-bond acceptors (Lipinski definition) is 5. The number of sulfonamides is 1. The molecule has 9 heteroatoms. The third kappa shape index (κ3) is 5.67. The van der Waals surface area contributed by atoms with Crippen molar-refractivity contribution in [2.24, 2.45) is 0 Å². The summed E-state index contributed by atoms with van der Waals surface area (Å²) in [5, 5.41) is 12.5. The smallest absolute Gasteiger partial charge is 0.322 e. The van der Waals surface area contributed by atoms with E-state index < -0.39 is 22.0 Å². The molecule has 0 bridgehead atoms. The van der Waals surface area contributed by atoms with Gasteiger partial charge in [-0.05, 0) is 39.2 Å². The minimum Gasteiger partial charge on any atom is -0.480 e. The fraction of sp³-hybridized carbons (Fsp3) is 0.188. The molecule has 1 aromatic heterocycles. The Kier molecular flexibility index (Phi) is 6.77. The van der Waals surface area contributed by atoms with Gasteiger partial charge in [0.1, 0.15) is 10.3 Å². The van der Waals surface area contributed by atoms with E-state index in [1.807, 2.05) is 12.2 Å². The van der Waals surface area contributed by atoms with Gasteiger partial charge in [0.15, 0.2) is 0 Å². The molecule has 0 fully saturated rings. The summed E-state index contributed by atoms with van der Waals surface area (Å²) in [5.74, 6) is -1.25. The Morgan fingerprint density at radius 2 is 2.20 bits per heavy atom. The minimum absolute atomic E-state index is 0.0305. The predicted octanol–water partition coefficient (Wildman–Crippen LogP) is 2.79. The second-order valence-electron chi connectivity index (χ2n) is 5.17. The molecule has 0 radical (unpaired) electrons. The number of thiophene rings is 1. The molecule has 6 nitrogen and oxygen atoms in total. The Morgan fingerprint density at radius 3 is 2.84 bits per heavy atom. The molecule has 2 rings (SSSR count). The second kappa shape index (κ2) is 8.61. The van der Waals surface area contributed by atoms with Gasteiger partial charge in [-0.2, -0.15) is 4.72 Å². The highest BCUT2D eigenvalue weighted by Gasteiger charge is 2.27. The Bertz CT molecular complexity index is 853. The van der Waals surface area contributed by atoms with Crippen LogP contribution in [0.2, 0.25) is 0 Å². The van der Waals surface area contributed by atoms with Gasteiger partial charge in [0.2, 0.25) is 0 Å². The topological polar surface area (TPSA) is 95.5 Å². The van der Waals surface area contributed by atoms with Crippen molar-refractivity contribution in [3.05, 3.63) is 64.1 Å². The van der Waals surface area contributed by atoms with Crippen LogP contribution in [-0.4, -0.2) is 32.1 Å². The SMILES string of the molecule is C=C1/C=C\C=C/CN/C=C\1C[C@@H](NS(=O)(=O)c1ccc(Br)s1)C(=O)O. The number of aliphatic carboxylic acids is 1. The standard InChI is InChI=1S/C16H17BrN2O4S2/c1-11-5-3-2-4-8-18-10-12(11)9-13(16(20)21)19-25(22,23)15-7-6-14(17)24-15/h2-7,10,13,18-19H,1,8-9H2,(H,20,21)/b4-2-,5-3-,12-10-/t13-/m1/s1. The van der Waals surface area contributed by atoms with Gasteiger partial charge in [-0.15, -0.1) is 11.3 Å². The molecule has 134 valence electrons. The molecule has 1 aliphatic heterocycles. The van der Waals surface area contributed by atoms with Crippen LogP contribution in [-0.2, 0) is 14.8 Å². The third-order valence-corrected chi connectivity index (χ3v) is 6.89.